The van der Waals surface area contributed by atoms with Crippen molar-refractivity contribution in [2.45, 2.75) is 264 Å². The highest BCUT2D eigenvalue weighted by molar-refractivity contribution is 7.45. The summed E-state index contributed by atoms with van der Waals surface area (Å²) in [7, 11) is 1.20. The first-order valence-electron chi connectivity index (χ1n) is 30.7. The van der Waals surface area contributed by atoms with E-state index in [4.69, 9.17) is 9.05 Å². The summed E-state index contributed by atoms with van der Waals surface area (Å²) < 4.78 is 23.3. The summed E-state index contributed by atoms with van der Waals surface area (Å²) in [5, 5.41) is 13.9. The molecule has 0 aliphatic carbocycles. The molecule has 2 N–H and O–H groups in total. The highest BCUT2D eigenvalue weighted by Crippen LogP contribution is 2.38. The second-order valence-corrected chi connectivity index (χ2v) is 23.1. The van der Waals surface area contributed by atoms with Gasteiger partial charge in [-0.25, -0.2) is 0 Å². The van der Waals surface area contributed by atoms with Gasteiger partial charge in [0.2, 0.25) is 5.91 Å². The fraction of sp³-hybridized carbons (Fsp3) is 0.712. The molecule has 0 aromatic carbocycles. The summed E-state index contributed by atoms with van der Waals surface area (Å²) in [6, 6.07) is -0.933. The summed E-state index contributed by atoms with van der Waals surface area (Å²) in [4.78, 5) is 25.5. The van der Waals surface area contributed by atoms with Gasteiger partial charge in [-0.2, -0.15) is 0 Å². The van der Waals surface area contributed by atoms with E-state index in [0.717, 1.165) is 89.9 Å². The van der Waals surface area contributed by atoms with Gasteiger partial charge in [0.15, 0.2) is 0 Å². The van der Waals surface area contributed by atoms with E-state index in [-0.39, 0.29) is 12.5 Å². The minimum atomic E-state index is -4.63. The number of carbonyl (C=O) groups excluding carboxylic acids is 1. The average Bonchev–Trinajstić information content (AvgIpc) is 3.37. The van der Waals surface area contributed by atoms with E-state index in [1.807, 2.05) is 27.2 Å². The predicted molar refractivity (Wildman–Crippen MR) is 325 cm³/mol. The van der Waals surface area contributed by atoms with Gasteiger partial charge in [-0.15, -0.1) is 0 Å². The Morgan fingerprint density at radius 1 is 0.480 bits per heavy atom. The normalized spacial score (nSPS) is 14.6. The molecule has 0 aliphatic rings. The number of amides is 1. The fourth-order valence-corrected chi connectivity index (χ4v) is 9.15. The number of unbranched alkanes of at least 4 members (excludes halogenated alkanes) is 26. The molecular weight excluding hydrogens is 948 g/mol. The topological polar surface area (TPSA) is 108 Å². The van der Waals surface area contributed by atoms with Crippen molar-refractivity contribution >= 4 is 13.7 Å². The van der Waals surface area contributed by atoms with Crippen molar-refractivity contribution in [2.24, 2.45) is 0 Å². The van der Waals surface area contributed by atoms with Gasteiger partial charge in [-0.3, -0.25) is 9.36 Å². The number of hydrogen-bond acceptors (Lipinski definition) is 6. The number of quaternary nitrogens is 1. The monoisotopic (exact) mass is 1060 g/mol. The van der Waals surface area contributed by atoms with Crippen LogP contribution in [0, 0.1) is 0 Å². The van der Waals surface area contributed by atoms with E-state index in [1.165, 1.54) is 135 Å². The number of aliphatic hydroxyl groups excluding tert-OH is 1. The lowest BCUT2D eigenvalue weighted by atomic mass is 10.0. The minimum absolute atomic E-state index is 0.0205. The van der Waals surface area contributed by atoms with E-state index in [0.29, 0.717) is 23.9 Å². The van der Waals surface area contributed by atoms with Crippen LogP contribution in [0.2, 0.25) is 0 Å². The molecule has 75 heavy (non-hydrogen) atoms. The molecule has 0 aromatic heterocycles. The summed E-state index contributed by atoms with van der Waals surface area (Å²) in [5.74, 6) is -0.239. The SMILES string of the molecule is CC/C=C\C/C=C\C/C=C\C/C=C\C/C=C\C/C=C\CCCCCCC(=O)NC(COP(=O)([O-])OCC[N+](C)(C)C)C(O)/C=C/CC/C=C/CC/C=C/CCCCCCCCCCCCCCCCCCCCCC. The highest BCUT2D eigenvalue weighted by atomic mass is 31.2. The largest absolute Gasteiger partial charge is 0.756 e. The van der Waals surface area contributed by atoms with Crippen molar-refractivity contribution < 1.29 is 32.9 Å². The zero-order valence-corrected chi connectivity index (χ0v) is 50.1. The lowest BCUT2D eigenvalue weighted by Crippen LogP contribution is -2.45. The van der Waals surface area contributed by atoms with Crippen LogP contribution >= 0.6 is 7.82 Å². The van der Waals surface area contributed by atoms with Crippen LogP contribution in [0.3, 0.4) is 0 Å². The Bertz CT molecular complexity index is 1590. The molecule has 432 valence electrons. The van der Waals surface area contributed by atoms with Crippen molar-refractivity contribution in [3.05, 3.63) is 109 Å². The second kappa shape index (κ2) is 55.9. The van der Waals surface area contributed by atoms with Crippen LogP contribution in [0.5, 0.6) is 0 Å². The maximum atomic E-state index is 13.0. The molecule has 0 spiro atoms. The zero-order valence-electron chi connectivity index (χ0n) is 49.2. The second-order valence-electron chi connectivity index (χ2n) is 21.7. The Hall–Kier alpha value is -2.84. The van der Waals surface area contributed by atoms with E-state index in [1.54, 1.807) is 6.08 Å². The fourth-order valence-electron chi connectivity index (χ4n) is 8.42. The Labute approximate surface area is 463 Å². The zero-order chi connectivity index (χ0) is 54.9. The van der Waals surface area contributed by atoms with Crippen LogP contribution in [-0.4, -0.2) is 68.5 Å². The predicted octanol–water partition coefficient (Wildman–Crippen LogP) is 18.5. The van der Waals surface area contributed by atoms with Gasteiger partial charge in [0.05, 0.1) is 39.9 Å². The quantitative estimate of drug-likeness (QED) is 0.0272. The van der Waals surface area contributed by atoms with Gasteiger partial charge in [-0.05, 0) is 96.3 Å². The molecule has 0 saturated carbocycles. The Morgan fingerprint density at radius 3 is 1.24 bits per heavy atom. The number of phosphoric ester groups is 1. The molecule has 0 bridgehead atoms. The van der Waals surface area contributed by atoms with Crippen LogP contribution in [0.25, 0.3) is 0 Å². The van der Waals surface area contributed by atoms with E-state index in [9.17, 15) is 19.4 Å². The van der Waals surface area contributed by atoms with Crippen LogP contribution in [0.4, 0.5) is 0 Å². The Balaban J connectivity index is 4.30. The number of likely N-dealkylation sites (N-methyl/N-ethyl adjacent to an activating group) is 1. The molecule has 0 rings (SSSR count). The number of aliphatic hydroxyl groups is 1. The van der Waals surface area contributed by atoms with Gasteiger partial charge in [0, 0.05) is 6.42 Å². The third-order valence-corrected chi connectivity index (χ3v) is 14.2. The van der Waals surface area contributed by atoms with E-state index in [2.05, 4.69) is 116 Å². The number of rotatable bonds is 55. The first-order valence-corrected chi connectivity index (χ1v) is 32.2. The van der Waals surface area contributed by atoms with Crippen LogP contribution < -0.4 is 10.2 Å². The third kappa shape index (κ3) is 58.7. The standard InChI is InChI=1S/C66H117N2O6P/c1-6-8-10-12-14-16-18-20-22-24-26-28-30-31-32-33-34-35-36-38-39-41-43-45-47-49-51-53-55-57-59-65(69)64(63-74-75(71,72)73-62-61-68(3,4)5)67-66(70)60-58-56-54-52-50-48-46-44-42-40-37-29-27-25-23-21-19-17-15-13-11-9-7-2/h9,11,15,17,21,23,27,29,40-43,46,48-49,51,57,59,64-65,69H,6-8,10,12-14,16,18-20,22,24-26,28,30-39,44-45,47,50,52-56,58,60-63H2,1-5H3,(H-,67,70,71,72)/b11-9-,17-15-,23-21-,29-27-,42-40-,43-41+,48-46-,51-49+,59-57+. The molecule has 1 amide bonds. The van der Waals surface area contributed by atoms with Crippen LogP contribution in [0.1, 0.15) is 251 Å². The van der Waals surface area contributed by atoms with Gasteiger partial charge in [0.25, 0.3) is 7.82 Å². The number of hydrogen-bond donors (Lipinski definition) is 2. The maximum absolute atomic E-state index is 13.0. The maximum Gasteiger partial charge on any atom is 0.268 e. The number of nitrogens with zero attached hydrogens (tertiary/aromatic N) is 1. The molecule has 0 aliphatic heterocycles. The number of carbonyl (C=O) groups is 1. The molecule has 9 heteroatoms. The third-order valence-electron chi connectivity index (χ3n) is 13.2. The van der Waals surface area contributed by atoms with E-state index < -0.39 is 26.6 Å². The molecule has 8 nitrogen and oxygen atoms in total. The molecule has 0 radical (unpaired) electrons. The van der Waals surface area contributed by atoms with Crippen molar-refractivity contribution in [1.82, 2.24) is 5.32 Å². The van der Waals surface area contributed by atoms with Crippen molar-refractivity contribution in [2.75, 3.05) is 40.9 Å². The lowest BCUT2D eigenvalue weighted by molar-refractivity contribution is -0.870. The Morgan fingerprint density at radius 2 is 0.827 bits per heavy atom. The van der Waals surface area contributed by atoms with Gasteiger partial charge in [0.1, 0.15) is 13.2 Å². The number of nitrogens with one attached hydrogen (secondary N) is 1. The summed E-state index contributed by atoms with van der Waals surface area (Å²) in [6.45, 7) is 4.49. The van der Waals surface area contributed by atoms with E-state index >= 15 is 0 Å². The molecule has 0 heterocycles. The minimum Gasteiger partial charge on any atom is -0.756 e. The first-order chi connectivity index (χ1) is 36.5. The average molecular weight is 1070 g/mol. The number of allylic oxidation sites excluding steroid dienone is 17. The van der Waals surface area contributed by atoms with Gasteiger partial charge >= 0.3 is 0 Å². The van der Waals surface area contributed by atoms with Crippen LogP contribution in [-0.2, 0) is 18.4 Å². The van der Waals surface area contributed by atoms with Crippen molar-refractivity contribution in [3.8, 4) is 0 Å². The molecule has 0 fully saturated rings. The summed E-state index contributed by atoms with van der Waals surface area (Å²) in [5.41, 5.74) is 0. The van der Waals surface area contributed by atoms with Crippen molar-refractivity contribution in [3.63, 3.8) is 0 Å². The first kappa shape index (κ1) is 72.2. The molecule has 0 aromatic rings. The molecular formula is C66H117N2O6P. The lowest BCUT2D eigenvalue weighted by Gasteiger charge is -2.29. The smallest absolute Gasteiger partial charge is 0.268 e. The Kier molecular flexibility index (Phi) is 53.8. The molecule has 0 saturated heterocycles. The summed E-state index contributed by atoms with van der Waals surface area (Å²) >= 11 is 0. The van der Waals surface area contributed by atoms with Crippen molar-refractivity contribution in [1.29, 1.82) is 0 Å². The molecule has 3 unspecified atom stereocenters. The van der Waals surface area contributed by atoms with Gasteiger partial charge < -0.3 is 28.8 Å². The highest BCUT2D eigenvalue weighted by Gasteiger charge is 2.23. The van der Waals surface area contributed by atoms with Crippen LogP contribution in [0.15, 0.2) is 109 Å². The summed E-state index contributed by atoms with van der Waals surface area (Å²) in [6.07, 6.45) is 81.9. The van der Waals surface area contributed by atoms with Gasteiger partial charge in [-0.1, -0.05) is 258 Å². The number of phosphoric acid groups is 1. The molecule has 3 atom stereocenters.